The van der Waals surface area contributed by atoms with E-state index < -0.39 is 0 Å². The monoisotopic (exact) mass is 306 g/mol. The van der Waals surface area contributed by atoms with Crippen molar-refractivity contribution >= 4 is 11.6 Å². The maximum atomic E-state index is 6.05. The lowest BCUT2D eigenvalue weighted by molar-refractivity contribution is 0.412. The highest BCUT2D eigenvalue weighted by atomic mass is 35.5. The fourth-order valence-electron chi connectivity index (χ4n) is 2.20. The summed E-state index contributed by atoms with van der Waals surface area (Å²) in [7, 11) is 3.25. The SMILES string of the molecule is COc1cccc(CC(NN)c2ccc(Cl)c(OC)c2)c1. The van der Waals surface area contributed by atoms with Crippen molar-refractivity contribution in [3.8, 4) is 11.5 Å². The van der Waals surface area contributed by atoms with Crippen LogP contribution in [0.2, 0.25) is 5.02 Å². The Kier molecular flexibility index (Phi) is 5.44. The van der Waals surface area contributed by atoms with Crippen LogP contribution in [0.25, 0.3) is 0 Å². The molecule has 0 bridgehead atoms. The summed E-state index contributed by atoms with van der Waals surface area (Å²) >= 11 is 6.05. The molecule has 0 spiro atoms. The number of nitrogens with two attached hydrogens (primary N) is 1. The van der Waals surface area contributed by atoms with Crippen molar-refractivity contribution in [1.82, 2.24) is 5.43 Å². The Hall–Kier alpha value is -1.75. The van der Waals surface area contributed by atoms with Crippen molar-refractivity contribution in [3.05, 3.63) is 58.6 Å². The maximum Gasteiger partial charge on any atom is 0.137 e. The summed E-state index contributed by atoms with van der Waals surface area (Å²) in [5.41, 5.74) is 4.98. The number of nitrogens with one attached hydrogen (secondary N) is 1. The molecule has 0 amide bonds. The largest absolute Gasteiger partial charge is 0.497 e. The average molecular weight is 307 g/mol. The first-order valence-corrected chi connectivity index (χ1v) is 6.98. The zero-order valence-electron chi connectivity index (χ0n) is 12.1. The molecular weight excluding hydrogens is 288 g/mol. The second kappa shape index (κ2) is 7.31. The van der Waals surface area contributed by atoms with Gasteiger partial charge in [0.2, 0.25) is 0 Å². The molecule has 1 unspecified atom stereocenters. The third-order valence-electron chi connectivity index (χ3n) is 3.35. The van der Waals surface area contributed by atoms with Crippen LogP contribution in [0.3, 0.4) is 0 Å². The molecule has 0 heterocycles. The van der Waals surface area contributed by atoms with E-state index in [0.29, 0.717) is 10.8 Å². The standard InChI is InChI=1S/C16H19ClN2O2/c1-20-13-5-3-4-11(8-13)9-15(19-18)12-6-7-14(17)16(10-12)21-2/h3-8,10,15,19H,9,18H2,1-2H3. The molecular formula is C16H19ClN2O2. The number of benzene rings is 2. The fourth-order valence-corrected chi connectivity index (χ4v) is 2.40. The Labute approximate surface area is 129 Å². The lowest BCUT2D eigenvalue weighted by atomic mass is 9.99. The predicted molar refractivity (Wildman–Crippen MR) is 84.8 cm³/mol. The van der Waals surface area contributed by atoms with Gasteiger partial charge in [0.05, 0.1) is 25.3 Å². The summed E-state index contributed by atoms with van der Waals surface area (Å²) in [6.45, 7) is 0. The van der Waals surface area contributed by atoms with E-state index in [1.807, 2.05) is 42.5 Å². The molecule has 5 heteroatoms. The van der Waals surface area contributed by atoms with Gasteiger partial charge in [-0.25, -0.2) is 0 Å². The van der Waals surface area contributed by atoms with Crippen molar-refractivity contribution in [1.29, 1.82) is 0 Å². The third-order valence-corrected chi connectivity index (χ3v) is 3.66. The van der Waals surface area contributed by atoms with Gasteiger partial charge in [-0.1, -0.05) is 29.8 Å². The number of ether oxygens (including phenoxy) is 2. The van der Waals surface area contributed by atoms with Crippen molar-refractivity contribution in [2.45, 2.75) is 12.5 Å². The molecule has 0 saturated carbocycles. The number of hydrogen-bond acceptors (Lipinski definition) is 4. The van der Waals surface area contributed by atoms with E-state index in [-0.39, 0.29) is 6.04 Å². The molecule has 0 radical (unpaired) electrons. The van der Waals surface area contributed by atoms with E-state index in [1.54, 1.807) is 14.2 Å². The zero-order valence-corrected chi connectivity index (χ0v) is 12.9. The molecule has 0 aliphatic heterocycles. The minimum Gasteiger partial charge on any atom is -0.497 e. The minimum absolute atomic E-state index is 0.0386. The maximum absolute atomic E-state index is 6.05. The van der Waals surface area contributed by atoms with E-state index in [1.165, 1.54) is 0 Å². The molecule has 0 aromatic heterocycles. The Bertz CT molecular complexity index is 605. The summed E-state index contributed by atoms with van der Waals surface area (Å²) < 4.78 is 10.5. The van der Waals surface area contributed by atoms with Crippen LogP contribution in [0, 0.1) is 0 Å². The molecule has 4 nitrogen and oxygen atoms in total. The Balaban J connectivity index is 2.23. The molecule has 2 rings (SSSR count). The molecule has 112 valence electrons. The van der Waals surface area contributed by atoms with E-state index >= 15 is 0 Å². The zero-order chi connectivity index (χ0) is 15.2. The highest BCUT2D eigenvalue weighted by Gasteiger charge is 2.13. The fraction of sp³-hybridized carbons (Fsp3) is 0.250. The molecule has 21 heavy (non-hydrogen) atoms. The van der Waals surface area contributed by atoms with Crippen LogP contribution in [0.1, 0.15) is 17.2 Å². The van der Waals surface area contributed by atoms with E-state index in [9.17, 15) is 0 Å². The summed E-state index contributed by atoms with van der Waals surface area (Å²) in [6, 6.07) is 13.5. The van der Waals surface area contributed by atoms with Gasteiger partial charge in [0, 0.05) is 0 Å². The van der Waals surface area contributed by atoms with Crippen LogP contribution in [-0.4, -0.2) is 14.2 Å². The van der Waals surface area contributed by atoms with Crippen molar-refractivity contribution in [3.63, 3.8) is 0 Å². The Morgan fingerprint density at radius 1 is 1.14 bits per heavy atom. The Morgan fingerprint density at radius 3 is 2.62 bits per heavy atom. The van der Waals surface area contributed by atoms with Crippen molar-refractivity contribution in [2.24, 2.45) is 5.84 Å². The van der Waals surface area contributed by atoms with Crippen LogP contribution >= 0.6 is 11.6 Å². The summed E-state index contributed by atoms with van der Waals surface area (Å²) in [4.78, 5) is 0. The molecule has 0 saturated heterocycles. The van der Waals surface area contributed by atoms with Gasteiger partial charge in [0.1, 0.15) is 11.5 Å². The first-order valence-electron chi connectivity index (χ1n) is 6.60. The van der Waals surface area contributed by atoms with Crippen LogP contribution in [0.5, 0.6) is 11.5 Å². The minimum atomic E-state index is -0.0386. The molecule has 1 atom stereocenters. The summed E-state index contributed by atoms with van der Waals surface area (Å²) in [5.74, 6) is 7.17. The Morgan fingerprint density at radius 2 is 1.95 bits per heavy atom. The van der Waals surface area contributed by atoms with Crippen molar-refractivity contribution < 1.29 is 9.47 Å². The van der Waals surface area contributed by atoms with E-state index in [2.05, 4.69) is 5.43 Å². The first kappa shape index (κ1) is 15.6. The lowest BCUT2D eigenvalue weighted by Gasteiger charge is -2.18. The van der Waals surface area contributed by atoms with Gasteiger partial charge in [0.15, 0.2) is 0 Å². The molecule has 0 aliphatic carbocycles. The smallest absolute Gasteiger partial charge is 0.137 e. The second-order valence-corrected chi connectivity index (χ2v) is 5.08. The van der Waals surface area contributed by atoms with Gasteiger partial charge in [-0.15, -0.1) is 0 Å². The van der Waals surface area contributed by atoms with Gasteiger partial charge in [-0.3, -0.25) is 11.3 Å². The van der Waals surface area contributed by atoms with Crippen LogP contribution in [-0.2, 0) is 6.42 Å². The topological polar surface area (TPSA) is 56.5 Å². The summed E-state index contributed by atoms with van der Waals surface area (Å²) in [5, 5.41) is 0.582. The van der Waals surface area contributed by atoms with Crippen molar-refractivity contribution in [2.75, 3.05) is 14.2 Å². The summed E-state index contributed by atoms with van der Waals surface area (Å²) in [6.07, 6.45) is 0.735. The highest BCUT2D eigenvalue weighted by Crippen LogP contribution is 2.29. The van der Waals surface area contributed by atoms with Crippen LogP contribution in [0.15, 0.2) is 42.5 Å². The van der Waals surface area contributed by atoms with Gasteiger partial charge in [-0.05, 0) is 41.8 Å². The quantitative estimate of drug-likeness (QED) is 0.636. The number of halogens is 1. The predicted octanol–water partition coefficient (Wildman–Crippen LogP) is 3.10. The third kappa shape index (κ3) is 3.88. The lowest BCUT2D eigenvalue weighted by Crippen LogP contribution is -2.29. The normalized spacial score (nSPS) is 12.0. The van der Waals surface area contributed by atoms with Gasteiger partial charge in [0.25, 0.3) is 0 Å². The first-order chi connectivity index (χ1) is 10.2. The van der Waals surface area contributed by atoms with Gasteiger partial charge >= 0.3 is 0 Å². The molecule has 0 fully saturated rings. The molecule has 3 N–H and O–H groups in total. The number of methoxy groups -OCH3 is 2. The van der Waals surface area contributed by atoms with Gasteiger partial charge < -0.3 is 9.47 Å². The number of hydrogen-bond donors (Lipinski definition) is 2. The van der Waals surface area contributed by atoms with Crippen LogP contribution < -0.4 is 20.7 Å². The second-order valence-electron chi connectivity index (χ2n) is 4.67. The molecule has 2 aromatic carbocycles. The van der Waals surface area contributed by atoms with E-state index in [0.717, 1.165) is 23.3 Å². The highest BCUT2D eigenvalue weighted by molar-refractivity contribution is 6.32. The number of hydrazine groups is 1. The van der Waals surface area contributed by atoms with Crippen LogP contribution in [0.4, 0.5) is 0 Å². The number of rotatable bonds is 6. The van der Waals surface area contributed by atoms with E-state index in [4.69, 9.17) is 26.9 Å². The average Bonchev–Trinajstić information content (AvgIpc) is 2.53. The van der Waals surface area contributed by atoms with Gasteiger partial charge in [-0.2, -0.15) is 0 Å². The molecule has 2 aromatic rings. The molecule has 0 aliphatic rings.